The zero-order chi connectivity index (χ0) is 28.2. The maximum Gasteiger partial charge on any atom is 0.408 e. The van der Waals surface area contributed by atoms with E-state index in [0.29, 0.717) is 6.54 Å². The van der Waals surface area contributed by atoms with Crippen molar-refractivity contribution in [1.82, 2.24) is 15.5 Å². The Bertz CT molecular complexity index is 882. The minimum atomic E-state index is -0.933. The van der Waals surface area contributed by atoms with E-state index in [-0.39, 0.29) is 23.6 Å². The lowest BCUT2D eigenvalue weighted by molar-refractivity contribution is -0.142. The standard InChI is InChI=1S/C29H49N3O4S/c1-9-10-11-12-13-14-18-32(27(34)24(19-37)31-28(35)36-29(6,7)8)25(26(33)30-20(2)3)23-17-15-16-21(4)22(23)5/h15-17,20,24-25,37H,9-14,18-19H2,1-8H3,(H,30,33)(H,31,35). The Morgan fingerprint density at radius 2 is 1.62 bits per heavy atom. The average Bonchev–Trinajstić information content (AvgIpc) is 2.79. The fourth-order valence-corrected chi connectivity index (χ4v) is 4.40. The molecule has 210 valence electrons. The first-order chi connectivity index (χ1) is 17.3. The van der Waals surface area contributed by atoms with Gasteiger partial charge in [-0.05, 0) is 71.6 Å². The molecule has 1 rings (SSSR count). The van der Waals surface area contributed by atoms with Crippen molar-refractivity contribution in [2.45, 2.75) is 118 Å². The zero-order valence-electron chi connectivity index (χ0n) is 24.1. The Hall–Kier alpha value is -2.22. The van der Waals surface area contributed by atoms with E-state index in [2.05, 4.69) is 30.2 Å². The number of nitrogens with zero attached hydrogens (tertiary/aromatic N) is 1. The largest absolute Gasteiger partial charge is 0.444 e. The molecule has 0 saturated heterocycles. The topological polar surface area (TPSA) is 87.7 Å². The summed E-state index contributed by atoms with van der Waals surface area (Å²) in [6.07, 6.45) is 5.61. The van der Waals surface area contributed by atoms with Gasteiger partial charge in [0.25, 0.3) is 0 Å². The Kier molecular flexibility index (Phi) is 14.1. The summed E-state index contributed by atoms with van der Waals surface area (Å²) in [5, 5.41) is 5.68. The number of alkyl carbamates (subject to hydrolysis) is 1. The molecule has 2 atom stereocenters. The third-order valence-electron chi connectivity index (χ3n) is 6.14. The highest BCUT2D eigenvalue weighted by atomic mass is 32.1. The van der Waals surface area contributed by atoms with E-state index in [4.69, 9.17) is 4.74 Å². The molecule has 0 aromatic heterocycles. The number of ether oxygens (including phenoxy) is 1. The summed E-state index contributed by atoms with van der Waals surface area (Å²) in [5.41, 5.74) is 2.09. The number of aryl methyl sites for hydroxylation is 1. The normalized spacial score (nSPS) is 13.1. The van der Waals surface area contributed by atoms with Crippen LogP contribution in [-0.4, -0.2) is 52.8 Å². The van der Waals surface area contributed by atoms with Crippen LogP contribution < -0.4 is 10.6 Å². The van der Waals surface area contributed by atoms with Gasteiger partial charge in [0, 0.05) is 18.3 Å². The van der Waals surface area contributed by atoms with Crippen molar-refractivity contribution in [3.63, 3.8) is 0 Å². The quantitative estimate of drug-likeness (QED) is 0.205. The third kappa shape index (κ3) is 11.4. The van der Waals surface area contributed by atoms with Crippen LogP contribution in [0.5, 0.6) is 0 Å². The second kappa shape index (κ2) is 15.9. The number of carbonyl (C=O) groups is 3. The van der Waals surface area contributed by atoms with E-state index in [9.17, 15) is 14.4 Å². The summed E-state index contributed by atoms with van der Waals surface area (Å²) < 4.78 is 5.38. The van der Waals surface area contributed by atoms with Gasteiger partial charge in [-0.1, -0.05) is 57.2 Å². The molecule has 2 N–H and O–H groups in total. The number of hydrogen-bond donors (Lipinski definition) is 3. The van der Waals surface area contributed by atoms with Crippen molar-refractivity contribution in [1.29, 1.82) is 0 Å². The highest BCUT2D eigenvalue weighted by molar-refractivity contribution is 7.80. The molecule has 0 saturated carbocycles. The van der Waals surface area contributed by atoms with Gasteiger partial charge >= 0.3 is 6.09 Å². The van der Waals surface area contributed by atoms with E-state index in [1.165, 1.54) is 6.42 Å². The number of unbranched alkanes of at least 4 members (excludes halogenated alkanes) is 5. The van der Waals surface area contributed by atoms with Crippen molar-refractivity contribution in [2.24, 2.45) is 0 Å². The predicted octanol–water partition coefficient (Wildman–Crippen LogP) is 5.88. The monoisotopic (exact) mass is 535 g/mol. The van der Waals surface area contributed by atoms with Crippen LogP contribution in [-0.2, 0) is 14.3 Å². The average molecular weight is 536 g/mol. The van der Waals surface area contributed by atoms with Gasteiger partial charge in [-0.25, -0.2) is 4.79 Å². The van der Waals surface area contributed by atoms with Gasteiger partial charge in [-0.2, -0.15) is 12.6 Å². The maximum atomic E-state index is 14.0. The smallest absolute Gasteiger partial charge is 0.408 e. The molecule has 0 bridgehead atoms. The minimum absolute atomic E-state index is 0.0798. The van der Waals surface area contributed by atoms with Gasteiger partial charge in [0.2, 0.25) is 11.8 Å². The molecular formula is C29H49N3O4S. The molecule has 3 amide bonds. The SMILES string of the molecule is CCCCCCCCN(C(=O)C(CS)NC(=O)OC(C)(C)C)C(C(=O)NC(C)C)c1cccc(C)c1C. The van der Waals surface area contributed by atoms with Gasteiger partial charge in [0.05, 0.1) is 0 Å². The first-order valence-electron chi connectivity index (χ1n) is 13.6. The molecule has 1 aromatic carbocycles. The van der Waals surface area contributed by atoms with E-state index < -0.39 is 23.8 Å². The molecule has 0 aliphatic heterocycles. The number of amides is 3. The second-order valence-electron chi connectivity index (χ2n) is 11.0. The van der Waals surface area contributed by atoms with E-state index >= 15 is 0 Å². The van der Waals surface area contributed by atoms with Crippen LogP contribution in [0, 0.1) is 13.8 Å². The van der Waals surface area contributed by atoms with Gasteiger partial charge in [0.1, 0.15) is 17.7 Å². The molecule has 0 heterocycles. The van der Waals surface area contributed by atoms with Crippen LogP contribution in [0.15, 0.2) is 18.2 Å². The molecule has 37 heavy (non-hydrogen) atoms. The molecule has 0 spiro atoms. The molecule has 2 unspecified atom stereocenters. The molecule has 0 aliphatic carbocycles. The molecular weight excluding hydrogens is 486 g/mol. The van der Waals surface area contributed by atoms with Crippen molar-refractivity contribution in [3.8, 4) is 0 Å². The van der Waals surface area contributed by atoms with Crippen LogP contribution in [0.3, 0.4) is 0 Å². The summed E-state index contributed by atoms with van der Waals surface area (Å²) in [6, 6.07) is 3.97. The summed E-state index contributed by atoms with van der Waals surface area (Å²) >= 11 is 4.36. The fourth-order valence-electron chi connectivity index (χ4n) is 4.15. The highest BCUT2D eigenvalue weighted by Crippen LogP contribution is 2.28. The Labute approximate surface area is 229 Å². The summed E-state index contributed by atoms with van der Waals surface area (Å²) in [7, 11) is 0. The van der Waals surface area contributed by atoms with Crippen LogP contribution in [0.2, 0.25) is 0 Å². The van der Waals surface area contributed by atoms with E-state index in [0.717, 1.165) is 48.8 Å². The van der Waals surface area contributed by atoms with Crippen molar-refractivity contribution in [3.05, 3.63) is 34.9 Å². The highest BCUT2D eigenvalue weighted by Gasteiger charge is 2.36. The number of rotatable bonds is 14. The van der Waals surface area contributed by atoms with E-state index in [1.54, 1.807) is 25.7 Å². The summed E-state index contributed by atoms with van der Waals surface area (Å²) in [5.74, 6) is -0.506. The predicted molar refractivity (Wildman–Crippen MR) is 154 cm³/mol. The van der Waals surface area contributed by atoms with Crippen LogP contribution in [0.1, 0.15) is 103 Å². The fraction of sp³-hybridized carbons (Fsp3) is 0.690. The molecule has 7 nitrogen and oxygen atoms in total. The number of benzene rings is 1. The number of carbonyl (C=O) groups excluding carboxylic acids is 3. The molecule has 1 aromatic rings. The van der Waals surface area contributed by atoms with Gasteiger partial charge < -0.3 is 20.3 Å². The van der Waals surface area contributed by atoms with Crippen LogP contribution in [0.25, 0.3) is 0 Å². The van der Waals surface area contributed by atoms with Crippen LogP contribution >= 0.6 is 12.6 Å². The summed E-state index contributed by atoms with van der Waals surface area (Å²) in [6.45, 7) is 15.6. The van der Waals surface area contributed by atoms with Gasteiger partial charge in [0.15, 0.2) is 0 Å². The lowest BCUT2D eigenvalue weighted by atomic mass is 9.94. The number of thiol groups is 1. The first-order valence-corrected chi connectivity index (χ1v) is 14.2. The van der Waals surface area contributed by atoms with Gasteiger partial charge in [-0.3, -0.25) is 9.59 Å². The number of nitrogens with one attached hydrogen (secondary N) is 2. The van der Waals surface area contributed by atoms with Crippen molar-refractivity contribution < 1.29 is 19.1 Å². The Morgan fingerprint density at radius 3 is 2.19 bits per heavy atom. The second-order valence-corrected chi connectivity index (χ2v) is 11.4. The van der Waals surface area contributed by atoms with Crippen molar-refractivity contribution >= 4 is 30.5 Å². The maximum absolute atomic E-state index is 14.0. The lowest BCUT2D eigenvalue weighted by Gasteiger charge is -2.35. The molecule has 8 heteroatoms. The summed E-state index contributed by atoms with van der Waals surface area (Å²) in [4.78, 5) is 41.7. The molecule has 0 fully saturated rings. The Balaban J connectivity index is 3.39. The van der Waals surface area contributed by atoms with Crippen LogP contribution in [0.4, 0.5) is 4.79 Å². The minimum Gasteiger partial charge on any atom is -0.444 e. The zero-order valence-corrected chi connectivity index (χ0v) is 25.0. The van der Waals surface area contributed by atoms with Gasteiger partial charge in [-0.15, -0.1) is 0 Å². The Morgan fingerprint density at radius 1 is 1.00 bits per heavy atom. The first kappa shape index (κ1) is 32.8. The van der Waals surface area contributed by atoms with Crippen molar-refractivity contribution in [2.75, 3.05) is 12.3 Å². The van der Waals surface area contributed by atoms with E-state index in [1.807, 2.05) is 45.9 Å². The molecule has 0 aliphatic rings. The third-order valence-corrected chi connectivity index (χ3v) is 6.50. The molecule has 0 radical (unpaired) electrons. The number of hydrogen-bond acceptors (Lipinski definition) is 5. The lowest BCUT2D eigenvalue weighted by Crippen LogP contribution is -2.54.